The maximum absolute atomic E-state index is 11.8. The molecule has 1 aromatic rings. The first kappa shape index (κ1) is 16.6. The van der Waals surface area contributed by atoms with Crippen molar-refractivity contribution in [2.24, 2.45) is 5.73 Å². The molecule has 0 aliphatic rings. The van der Waals surface area contributed by atoms with E-state index in [0.29, 0.717) is 32.6 Å². The summed E-state index contributed by atoms with van der Waals surface area (Å²) in [5.74, 6) is -0.0195. The Labute approximate surface area is 120 Å². The Morgan fingerprint density at radius 1 is 1.40 bits per heavy atom. The molecule has 5 nitrogen and oxygen atoms in total. The van der Waals surface area contributed by atoms with Crippen molar-refractivity contribution in [2.75, 3.05) is 25.6 Å². The van der Waals surface area contributed by atoms with Gasteiger partial charge in [0.25, 0.3) is 0 Å². The summed E-state index contributed by atoms with van der Waals surface area (Å²) in [5, 5.41) is 2.88. The number of benzene rings is 1. The molecule has 1 aromatic carbocycles. The highest BCUT2D eigenvalue weighted by Gasteiger charge is 2.06. The number of hydrogen-bond donors (Lipinski definition) is 2. The molecule has 1 atom stereocenters. The number of ether oxygens (including phenoxy) is 2. The zero-order valence-corrected chi connectivity index (χ0v) is 12.2. The summed E-state index contributed by atoms with van der Waals surface area (Å²) in [6.45, 7) is 3.47. The number of para-hydroxylation sites is 1. The van der Waals surface area contributed by atoms with E-state index in [1.165, 1.54) is 0 Å². The maximum Gasteiger partial charge on any atom is 0.224 e. The standard InChI is InChI=1S/C15H24N2O3/c1-12(11-19-2)20-9-5-8-15(18)17-14-7-4-3-6-13(14)10-16/h3-4,6-7,12H,5,8-11,16H2,1-2H3,(H,17,18). The van der Waals surface area contributed by atoms with Crippen LogP contribution in [0.1, 0.15) is 25.3 Å². The molecule has 3 N–H and O–H groups in total. The molecular weight excluding hydrogens is 256 g/mol. The van der Waals surface area contributed by atoms with Gasteiger partial charge in [-0.15, -0.1) is 0 Å². The quantitative estimate of drug-likeness (QED) is 0.678. The molecule has 112 valence electrons. The molecule has 0 aromatic heterocycles. The highest BCUT2D eigenvalue weighted by molar-refractivity contribution is 5.91. The average molecular weight is 280 g/mol. The van der Waals surface area contributed by atoms with Crippen LogP contribution in [0.2, 0.25) is 0 Å². The van der Waals surface area contributed by atoms with Gasteiger partial charge in [0.15, 0.2) is 0 Å². The van der Waals surface area contributed by atoms with Gasteiger partial charge >= 0.3 is 0 Å². The number of nitrogens with two attached hydrogens (primary N) is 1. The van der Waals surface area contributed by atoms with E-state index in [9.17, 15) is 4.79 Å². The van der Waals surface area contributed by atoms with Crippen molar-refractivity contribution < 1.29 is 14.3 Å². The Balaban J connectivity index is 2.27. The zero-order valence-electron chi connectivity index (χ0n) is 12.2. The van der Waals surface area contributed by atoms with Crippen molar-refractivity contribution in [3.63, 3.8) is 0 Å². The number of anilines is 1. The molecule has 0 aliphatic carbocycles. The Hall–Kier alpha value is -1.43. The molecular formula is C15H24N2O3. The lowest BCUT2D eigenvalue weighted by Gasteiger charge is -2.12. The fourth-order valence-corrected chi connectivity index (χ4v) is 1.83. The van der Waals surface area contributed by atoms with Crippen LogP contribution in [0.3, 0.4) is 0 Å². The second-order valence-corrected chi connectivity index (χ2v) is 4.65. The first-order chi connectivity index (χ1) is 9.67. The Kier molecular flexibility index (Phi) is 7.87. The monoisotopic (exact) mass is 280 g/mol. The molecule has 0 heterocycles. The SMILES string of the molecule is COCC(C)OCCCC(=O)Nc1ccccc1CN. The Morgan fingerprint density at radius 3 is 2.85 bits per heavy atom. The summed E-state index contributed by atoms with van der Waals surface area (Å²) in [5.41, 5.74) is 7.35. The van der Waals surface area contributed by atoms with Crippen molar-refractivity contribution >= 4 is 11.6 Å². The van der Waals surface area contributed by atoms with Gasteiger partial charge < -0.3 is 20.5 Å². The van der Waals surface area contributed by atoms with Crippen LogP contribution in [0, 0.1) is 0 Å². The predicted molar refractivity (Wildman–Crippen MR) is 79.5 cm³/mol. The lowest BCUT2D eigenvalue weighted by Crippen LogP contribution is -2.17. The van der Waals surface area contributed by atoms with E-state index >= 15 is 0 Å². The van der Waals surface area contributed by atoms with Gasteiger partial charge in [0.1, 0.15) is 0 Å². The lowest BCUT2D eigenvalue weighted by molar-refractivity contribution is -0.116. The Morgan fingerprint density at radius 2 is 2.15 bits per heavy atom. The molecule has 1 amide bonds. The topological polar surface area (TPSA) is 73.6 Å². The molecule has 5 heteroatoms. The molecule has 0 aliphatic heterocycles. The van der Waals surface area contributed by atoms with Crippen LogP contribution >= 0.6 is 0 Å². The van der Waals surface area contributed by atoms with Crippen LogP contribution in [0.25, 0.3) is 0 Å². The number of carbonyl (C=O) groups is 1. The summed E-state index contributed by atoms with van der Waals surface area (Å²) in [6, 6.07) is 7.55. The summed E-state index contributed by atoms with van der Waals surface area (Å²) in [7, 11) is 1.64. The number of methoxy groups -OCH3 is 1. The molecule has 0 spiro atoms. The van der Waals surface area contributed by atoms with Gasteiger partial charge in [-0.3, -0.25) is 4.79 Å². The van der Waals surface area contributed by atoms with E-state index in [1.54, 1.807) is 7.11 Å². The molecule has 20 heavy (non-hydrogen) atoms. The number of carbonyl (C=O) groups excluding carboxylic acids is 1. The fourth-order valence-electron chi connectivity index (χ4n) is 1.83. The third kappa shape index (κ3) is 6.14. The van der Waals surface area contributed by atoms with Crippen molar-refractivity contribution in [1.82, 2.24) is 0 Å². The third-order valence-corrected chi connectivity index (χ3v) is 2.86. The third-order valence-electron chi connectivity index (χ3n) is 2.86. The first-order valence-electron chi connectivity index (χ1n) is 6.85. The van der Waals surface area contributed by atoms with E-state index in [1.807, 2.05) is 31.2 Å². The zero-order chi connectivity index (χ0) is 14.8. The van der Waals surface area contributed by atoms with Crippen LogP contribution in [0.4, 0.5) is 5.69 Å². The van der Waals surface area contributed by atoms with Gasteiger partial charge in [-0.05, 0) is 25.0 Å². The smallest absolute Gasteiger partial charge is 0.224 e. The Bertz CT molecular complexity index is 410. The molecule has 0 saturated heterocycles. The summed E-state index contributed by atoms with van der Waals surface area (Å²) in [6.07, 6.45) is 1.17. The second kappa shape index (κ2) is 9.47. The maximum atomic E-state index is 11.8. The van der Waals surface area contributed by atoms with Crippen LogP contribution in [-0.4, -0.2) is 32.3 Å². The van der Waals surface area contributed by atoms with Crippen LogP contribution in [0.15, 0.2) is 24.3 Å². The van der Waals surface area contributed by atoms with Gasteiger partial charge in [0, 0.05) is 32.4 Å². The van der Waals surface area contributed by atoms with Crippen molar-refractivity contribution in [3.8, 4) is 0 Å². The largest absolute Gasteiger partial charge is 0.382 e. The molecule has 1 rings (SSSR count). The minimum absolute atomic E-state index is 0.0195. The molecule has 0 fully saturated rings. The highest BCUT2D eigenvalue weighted by Crippen LogP contribution is 2.14. The second-order valence-electron chi connectivity index (χ2n) is 4.65. The number of hydrogen-bond acceptors (Lipinski definition) is 4. The van der Waals surface area contributed by atoms with E-state index < -0.39 is 0 Å². The van der Waals surface area contributed by atoms with Gasteiger partial charge in [0.2, 0.25) is 5.91 Å². The predicted octanol–water partition coefficient (Wildman–Crippen LogP) is 1.92. The van der Waals surface area contributed by atoms with Gasteiger partial charge in [-0.1, -0.05) is 18.2 Å². The number of nitrogens with one attached hydrogen (secondary N) is 1. The molecule has 1 unspecified atom stereocenters. The molecule has 0 radical (unpaired) electrons. The van der Waals surface area contributed by atoms with Crippen molar-refractivity contribution in [3.05, 3.63) is 29.8 Å². The average Bonchev–Trinajstić information content (AvgIpc) is 2.44. The first-order valence-corrected chi connectivity index (χ1v) is 6.85. The van der Waals surface area contributed by atoms with Crippen LogP contribution < -0.4 is 11.1 Å². The molecule has 0 bridgehead atoms. The number of amides is 1. The summed E-state index contributed by atoms with van der Waals surface area (Å²) < 4.78 is 10.5. The van der Waals surface area contributed by atoms with E-state index in [2.05, 4.69) is 5.32 Å². The van der Waals surface area contributed by atoms with Crippen molar-refractivity contribution in [1.29, 1.82) is 0 Å². The number of rotatable bonds is 9. The minimum Gasteiger partial charge on any atom is -0.382 e. The lowest BCUT2D eigenvalue weighted by atomic mass is 10.1. The summed E-state index contributed by atoms with van der Waals surface area (Å²) >= 11 is 0. The summed E-state index contributed by atoms with van der Waals surface area (Å²) in [4.78, 5) is 11.8. The van der Waals surface area contributed by atoms with Gasteiger partial charge in [-0.25, -0.2) is 0 Å². The van der Waals surface area contributed by atoms with Gasteiger partial charge in [-0.2, -0.15) is 0 Å². The normalized spacial score (nSPS) is 12.2. The highest BCUT2D eigenvalue weighted by atomic mass is 16.5. The molecule has 0 saturated carbocycles. The van der Waals surface area contributed by atoms with E-state index in [0.717, 1.165) is 11.3 Å². The van der Waals surface area contributed by atoms with E-state index in [-0.39, 0.29) is 12.0 Å². The minimum atomic E-state index is -0.0195. The fraction of sp³-hybridized carbons (Fsp3) is 0.533. The van der Waals surface area contributed by atoms with Crippen LogP contribution in [0.5, 0.6) is 0 Å². The van der Waals surface area contributed by atoms with E-state index in [4.69, 9.17) is 15.2 Å². The van der Waals surface area contributed by atoms with Crippen LogP contribution in [-0.2, 0) is 20.8 Å². The van der Waals surface area contributed by atoms with Crippen molar-refractivity contribution in [2.45, 2.75) is 32.4 Å². The van der Waals surface area contributed by atoms with Gasteiger partial charge in [0.05, 0.1) is 12.7 Å².